The Morgan fingerprint density at radius 1 is 0.941 bits per heavy atom. The molecule has 51 heavy (non-hydrogen) atoms. The lowest BCUT2D eigenvalue weighted by Crippen LogP contribution is -2.46. The zero-order chi connectivity index (χ0) is 35.4. The normalized spacial score (nSPS) is 20.0. The lowest BCUT2D eigenvalue weighted by Gasteiger charge is -2.36. The molecule has 0 aromatic heterocycles. The molecule has 0 unspecified atom stereocenters. The maximum Gasteiger partial charge on any atom is 0.264 e. The van der Waals surface area contributed by atoms with Crippen LogP contribution >= 0.6 is 15.9 Å². The largest absolute Gasteiger partial charge is 0.394 e. The second kappa shape index (κ2) is 12.9. The standard InChI is InChI=1S/C42H36BrN3O5/c1-26(7-4-14-38(48)44-24-30-9-3-2-8-29(30)21-33(44)25-47)42(51)35-22-31(43)17-20-36(35)45(41(42)50)23-27-15-18-32(19-16-27)46-37-13-6-11-28-10-5-12-34(39(28)37)40(46)49/h2-13,15-20,22,26,33,47,51H,14,21,23-25H2,1H3/b7-4+/t26-,33-,42+/m0/s1. The third-order valence-corrected chi connectivity index (χ3v) is 11.1. The van der Waals surface area contributed by atoms with Gasteiger partial charge in [-0.1, -0.05) is 95.7 Å². The molecule has 0 spiro atoms. The quantitative estimate of drug-likeness (QED) is 0.165. The Kier molecular flexibility index (Phi) is 8.37. The summed E-state index contributed by atoms with van der Waals surface area (Å²) in [5.41, 5.74) is 4.55. The Morgan fingerprint density at radius 2 is 1.69 bits per heavy atom. The van der Waals surface area contributed by atoms with Gasteiger partial charge in [0.2, 0.25) is 5.91 Å². The number of fused-ring (bicyclic) bond motifs is 2. The van der Waals surface area contributed by atoms with Crippen LogP contribution in [-0.2, 0) is 34.7 Å². The fourth-order valence-electron chi connectivity index (χ4n) is 7.85. The number of aliphatic hydroxyl groups is 2. The van der Waals surface area contributed by atoms with Crippen molar-refractivity contribution in [2.75, 3.05) is 16.4 Å². The molecule has 3 heterocycles. The first-order valence-corrected chi connectivity index (χ1v) is 17.9. The molecule has 5 aromatic rings. The highest BCUT2D eigenvalue weighted by Gasteiger charge is 2.52. The van der Waals surface area contributed by atoms with E-state index in [0.717, 1.165) is 43.3 Å². The summed E-state index contributed by atoms with van der Waals surface area (Å²) >= 11 is 3.52. The number of aliphatic hydroxyl groups excluding tert-OH is 1. The van der Waals surface area contributed by atoms with Crippen molar-refractivity contribution in [2.24, 2.45) is 5.92 Å². The van der Waals surface area contributed by atoms with Crippen molar-refractivity contribution in [1.29, 1.82) is 0 Å². The van der Waals surface area contributed by atoms with Crippen molar-refractivity contribution >= 4 is 61.5 Å². The van der Waals surface area contributed by atoms with Gasteiger partial charge in [0.1, 0.15) is 0 Å². The summed E-state index contributed by atoms with van der Waals surface area (Å²) < 4.78 is 0.733. The summed E-state index contributed by atoms with van der Waals surface area (Å²) in [5.74, 6) is -1.30. The molecule has 8 nitrogen and oxygen atoms in total. The average molecular weight is 743 g/mol. The molecule has 0 aliphatic carbocycles. The molecule has 8 rings (SSSR count). The molecule has 0 radical (unpaired) electrons. The minimum atomic E-state index is -1.86. The van der Waals surface area contributed by atoms with E-state index in [2.05, 4.69) is 15.9 Å². The van der Waals surface area contributed by atoms with E-state index < -0.39 is 17.4 Å². The van der Waals surface area contributed by atoms with Crippen molar-refractivity contribution < 1.29 is 24.6 Å². The van der Waals surface area contributed by atoms with E-state index in [-0.39, 0.29) is 37.4 Å². The second-order valence-electron chi connectivity index (χ2n) is 13.6. The lowest BCUT2D eigenvalue weighted by atomic mass is 9.83. The average Bonchev–Trinajstić information content (AvgIpc) is 3.55. The molecule has 3 atom stereocenters. The summed E-state index contributed by atoms with van der Waals surface area (Å²) in [6.45, 7) is 2.30. The molecule has 5 aromatic carbocycles. The van der Waals surface area contributed by atoms with Crippen LogP contribution in [0.25, 0.3) is 10.8 Å². The van der Waals surface area contributed by atoms with Gasteiger partial charge in [-0.05, 0) is 71.0 Å². The summed E-state index contributed by atoms with van der Waals surface area (Å²) in [5, 5.41) is 24.2. The smallest absolute Gasteiger partial charge is 0.264 e. The molecule has 256 valence electrons. The van der Waals surface area contributed by atoms with Gasteiger partial charge < -0.3 is 20.0 Å². The van der Waals surface area contributed by atoms with E-state index in [0.29, 0.717) is 29.8 Å². The zero-order valence-electron chi connectivity index (χ0n) is 28.0. The Balaban J connectivity index is 1.00. The number of amides is 3. The van der Waals surface area contributed by atoms with Gasteiger partial charge in [0.05, 0.1) is 36.1 Å². The maximum atomic E-state index is 14.2. The topological polar surface area (TPSA) is 101 Å². The predicted octanol–water partition coefficient (Wildman–Crippen LogP) is 7.16. The Hall–Kier alpha value is -5.09. The number of anilines is 3. The first-order chi connectivity index (χ1) is 24.7. The Morgan fingerprint density at radius 3 is 2.45 bits per heavy atom. The molecule has 3 aliphatic heterocycles. The number of nitrogens with zero attached hydrogens (tertiary/aromatic N) is 3. The summed E-state index contributed by atoms with van der Waals surface area (Å²) in [6, 6.07) is 32.4. The van der Waals surface area contributed by atoms with Gasteiger partial charge in [-0.2, -0.15) is 0 Å². The van der Waals surface area contributed by atoms with E-state index in [4.69, 9.17) is 0 Å². The highest BCUT2D eigenvalue weighted by atomic mass is 79.9. The summed E-state index contributed by atoms with van der Waals surface area (Å²) in [6.07, 6.45) is 4.12. The summed E-state index contributed by atoms with van der Waals surface area (Å²) in [7, 11) is 0. The van der Waals surface area contributed by atoms with E-state index in [9.17, 15) is 24.6 Å². The van der Waals surface area contributed by atoms with E-state index >= 15 is 0 Å². The van der Waals surface area contributed by atoms with Crippen LogP contribution in [0.2, 0.25) is 0 Å². The van der Waals surface area contributed by atoms with Crippen LogP contribution in [0, 0.1) is 5.92 Å². The molecule has 3 aliphatic rings. The Bertz CT molecular complexity index is 2250. The van der Waals surface area contributed by atoms with Crippen molar-refractivity contribution in [1.82, 2.24) is 4.90 Å². The number of hydrogen-bond donors (Lipinski definition) is 2. The van der Waals surface area contributed by atoms with E-state index in [1.807, 2.05) is 97.1 Å². The number of benzene rings is 5. The third-order valence-electron chi connectivity index (χ3n) is 10.6. The fraction of sp³-hybridized carbons (Fsp3) is 0.214. The number of halogens is 1. The van der Waals surface area contributed by atoms with Gasteiger partial charge in [0.15, 0.2) is 5.60 Å². The maximum absolute atomic E-state index is 14.2. The second-order valence-corrected chi connectivity index (χ2v) is 14.5. The molecule has 0 saturated heterocycles. The lowest BCUT2D eigenvalue weighted by molar-refractivity contribution is -0.139. The van der Waals surface area contributed by atoms with E-state index in [1.54, 1.807) is 39.8 Å². The summed E-state index contributed by atoms with van der Waals surface area (Å²) in [4.78, 5) is 46.0. The number of carbonyl (C=O) groups is 3. The first kappa shape index (κ1) is 33.1. The van der Waals surface area contributed by atoms with Crippen molar-refractivity contribution in [3.63, 3.8) is 0 Å². The van der Waals surface area contributed by atoms with Crippen LogP contribution in [0.5, 0.6) is 0 Å². The zero-order valence-corrected chi connectivity index (χ0v) is 29.6. The monoisotopic (exact) mass is 741 g/mol. The van der Waals surface area contributed by atoms with Gasteiger partial charge in [0, 0.05) is 40.0 Å². The number of carbonyl (C=O) groups excluding carboxylic acids is 3. The van der Waals surface area contributed by atoms with Gasteiger partial charge in [-0.3, -0.25) is 19.3 Å². The third kappa shape index (κ3) is 5.47. The SMILES string of the molecule is C[C@@H](/C=C/CC(=O)N1Cc2ccccc2C[C@H]1CO)[C@]1(O)C(=O)N(Cc2ccc(N3C(=O)c4cccc5cccc3c45)cc2)c2ccc(Br)cc21. The molecule has 0 bridgehead atoms. The van der Waals surface area contributed by atoms with Crippen LogP contribution in [0.1, 0.15) is 46.0 Å². The molecule has 2 N–H and O–H groups in total. The minimum absolute atomic E-state index is 0.0768. The number of rotatable bonds is 8. The van der Waals surface area contributed by atoms with E-state index in [1.165, 1.54) is 0 Å². The number of hydrogen-bond acceptors (Lipinski definition) is 5. The van der Waals surface area contributed by atoms with Gasteiger partial charge in [-0.15, -0.1) is 0 Å². The molecule has 0 fully saturated rings. The molecular formula is C42H36BrN3O5. The Labute approximate surface area is 304 Å². The van der Waals surface area contributed by atoms with Crippen LogP contribution in [-0.4, -0.2) is 45.5 Å². The first-order valence-electron chi connectivity index (χ1n) is 17.1. The van der Waals surface area contributed by atoms with Crippen LogP contribution in [0.3, 0.4) is 0 Å². The van der Waals surface area contributed by atoms with Crippen molar-refractivity contribution in [2.45, 2.75) is 44.5 Å². The van der Waals surface area contributed by atoms with Crippen molar-refractivity contribution in [3.05, 3.63) is 148 Å². The van der Waals surface area contributed by atoms with Gasteiger partial charge in [-0.25, -0.2) is 0 Å². The molecule has 3 amide bonds. The molecule has 9 heteroatoms. The van der Waals surface area contributed by atoms with Crippen LogP contribution in [0.4, 0.5) is 17.1 Å². The highest BCUT2D eigenvalue weighted by molar-refractivity contribution is 9.10. The van der Waals surface area contributed by atoms with Crippen LogP contribution in [0.15, 0.2) is 120 Å². The van der Waals surface area contributed by atoms with Crippen LogP contribution < -0.4 is 9.80 Å². The predicted molar refractivity (Wildman–Crippen MR) is 201 cm³/mol. The highest BCUT2D eigenvalue weighted by Crippen LogP contribution is 2.47. The fourth-order valence-corrected chi connectivity index (χ4v) is 8.21. The van der Waals surface area contributed by atoms with Gasteiger partial charge in [0.25, 0.3) is 11.8 Å². The molecular weight excluding hydrogens is 706 g/mol. The van der Waals surface area contributed by atoms with Crippen molar-refractivity contribution in [3.8, 4) is 0 Å². The van der Waals surface area contributed by atoms with Gasteiger partial charge >= 0.3 is 0 Å². The molecule has 0 saturated carbocycles. The minimum Gasteiger partial charge on any atom is -0.394 e.